The van der Waals surface area contributed by atoms with Crippen LogP contribution in [0.2, 0.25) is 0 Å². The molecule has 2 rings (SSSR count). The van der Waals surface area contributed by atoms with Crippen LogP contribution in [0.25, 0.3) is 0 Å². The van der Waals surface area contributed by atoms with E-state index in [1.54, 1.807) is 12.1 Å². The van der Waals surface area contributed by atoms with E-state index in [4.69, 9.17) is 4.74 Å². The van der Waals surface area contributed by atoms with E-state index in [-0.39, 0.29) is 22.9 Å². The van der Waals surface area contributed by atoms with Crippen molar-refractivity contribution in [2.24, 2.45) is 0 Å². The lowest BCUT2D eigenvalue weighted by Crippen LogP contribution is -2.12. The number of rotatable bonds is 4. The predicted molar refractivity (Wildman–Crippen MR) is 86.4 cm³/mol. The van der Waals surface area contributed by atoms with Crippen LogP contribution in [0.1, 0.15) is 24.2 Å². The Morgan fingerprint density at radius 2 is 1.54 bits per heavy atom. The van der Waals surface area contributed by atoms with Crippen LogP contribution in [0, 0.1) is 5.82 Å². The summed E-state index contributed by atoms with van der Waals surface area (Å²) >= 11 is 0. The third kappa shape index (κ3) is 4.64. The van der Waals surface area contributed by atoms with Crippen molar-refractivity contribution >= 4 is 29.2 Å². The van der Waals surface area contributed by atoms with Gasteiger partial charge in [-0.1, -0.05) is 0 Å². The number of carbonyl (C=O) groups excluding carboxylic acids is 3. The van der Waals surface area contributed by atoms with Crippen LogP contribution in [0.15, 0.2) is 42.5 Å². The summed E-state index contributed by atoms with van der Waals surface area (Å²) in [5, 5.41) is 4.88. The minimum absolute atomic E-state index is 0.0890. The summed E-state index contributed by atoms with van der Waals surface area (Å²) in [7, 11) is 0. The van der Waals surface area contributed by atoms with Crippen molar-refractivity contribution in [3.8, 4) is 5.75 Å². The molecule has 0 saturated heterocycles. The summed E-state index contributed by atoms with van der Waals surface area (Å²) in [5.74, 6) is -1.75. The van der Waals surface area contributed by atoms with E-state index in [0.29, 0.717) is 5.69 Å². The third-order valence-electron chi connectivity index (χ3n) is 2.90. The molecule has 2 N–H and O–H groups in total. The molecule has 0 radical (unpaired) electrons. The van der Waals surface area contributed by atoms with Gasteiger partial charge in [0.1, 0.15) is 11.6 Å². The highest BCUT2D eigenvalue weighted by Gasteiger charge is 2.13. The fraction of sp³-hybridized carbons (Fsp3) is 0.118. The Labute approximate surface area is 137 Å². The number of nitrogens with one attached hydrogen (secondary N) is 2. The maximum atomic E-state index is 13.6. The number of benzene rings is 2. The molecule has 2 amide bonds. The van der Waals surface area contributed by atoms with Crippen molar-refractivity contribution in [2.75, 3.05) is 10.6 Å². The zero-order valence-corrected chi connectivity index (χ0v) is 13.1. The van der Waals surface area contributed by atoms with Crippen molar-refractivity contribution in [2.45, 2.75) is 13.8 Å². The summed E-state index contributed by atoms with van der Waals surface area (Å²) in [6.07, 6.45) is 0. The van der Waals surface area contributed by atoms with Crippen molar-refractivity contribution in [1.82, 2.24) is 0 Å². The van der Waals surface area contributed by atoms with Crippen LogP contribution >= 0.6 is 0 Å². The highest BCUT2D eigenvalue weighted by atomic mass is 19.1. The smallest absolute Gasteiger partial charge is 0.343 e. The normalized spacial score (nSPS) is 9.96. The molecule has 0 unspecified atom stereocenters. The molecule has 0 spiro atoms. The fourth-order valence-electron chi connectivity index (χ4n) is 1.91. The van der Waals surface area contributed by atoms with Crippen LogP contribution < -0.4 is 15.4 Å². The van der Waals surface area contributed by atoms with Gasteiger partial charge in [0.05, 0.1) is 11.3 Å². The topological polar surface area (TPSA) is 84.5 Å². The Morgan fingerprint density at radius 1 is 0.917 bits per heavy atom. The molecule has 7 heteroatoms. The number of ether oxygens (including phenoxy) is 1. The lowest BCUT2D eigenvalue weighted by molar-refractivity contribution is -0.115. The van der Waals surface area contributed by atoms with Gasteiger partial charge in [-0.2, -0.15) is 0 Å². The first-order valence-corrected chi connectivity index (χ1v) is 7.02. The first-order chi connectivity index (χ1) is 11.3. The van der Waals surface area contributed by atoms with Crippen molar-refractivity contribution < 1.29 is 23.5 Å². The van der Waals surface area contributed by atoms with E-state index in [1.165, 1.54) is 38.1 Å². The van der Waals surface area contributed by atoms with Gasteiger partial charge in [-0.05, 0) is 42.5 Å². The third-order valence-corrected chi connectivity index (χ3v) is 2.90. The monoisotopic (exact) mass is 330 g/mol. The molecule has 0 aliphatic carbocycles. The Bertz CT molecular complexity index is 788. The second kappa shape index (κ2) is 7.36. The van der Waals surface area contributed by atoms with Crippen molar-refractivity contribution in [3.05, 3.63) is 53.8 Å². The second-order valence-electron chi connectivity index (χ2n) is 4.97. The molecule has 0 heterocycles. The highest BCUT2D eigenvalue weighted by Crippen LogP contribution is 2.20. The minimum atomic E-state index is -0.700. The Kier molecular flexibility index (Phi) is 5.26. The molecule has 6 nitrogen and oxygen atoms in total. The van der Waals surface area contributed by atoms with Gasteiger partial charge < -0.3 is 15.4 Å². The molecule has 0 saturated carbocycles. The maximum Gasteiger partial charge on any atom is 0.343 e. The van der Waals surface area contributed by atoms with Crippen molar-refractivity contribution in [3.63, 3.8) is 0 Å². The molecule has 0 aliphatic rings. The SMILES string of the molecule is CC(=O)Nc1ccc(OC(=O)c2ccc(F)c(NC(C)=O)c2)cc1. The molecule has 124 valence electrons. The van der Waals surface area contributed by atoms with Crippen LogP contribution in [-0.4, -0.2) is 17.8 Å². The van der Waals surface area contributed by atoms with Crippen LogP contribution in [0.3, 0.4) is 0 Å². The van der Waals surface area contributed by atoms with Crippen LogP contribution in [-0.2, 0) is 9.59 Å². The molecule has 24 heavy (non-hydrogen) atoms. The van der Waals surface area contributed by atoms with E-state index < -0.39 is 17.7 Å². The standard InChI is InChI=1S/C17H15FN2O4/c1-10(21)19-13-4-6-14(7-5-13)24-17(23)12-3-8-15(18)16(9-12)20-11(2)22/h3-9H,1-2H3,(H,19,21)(H,20,22). The number of hydrogen-bond acceptors (Lipinski definition) is 4. The number of amides is 2. The molecule has 0 fully saturated rings. The average Bonchev–Trinajstić information content (AvgIpc) is 2.50. The van der Waals surface area contributed by atoms with E-state index in [1.807, 2.05) is 0 Å². The van der Waals surface area contributed by atoms with Gasteiger partial charge >= 0.3 is 5.97 Å². The number of hydrogen-bond donors (Lipinski definition) is 2. The Balaban J connectivity index is 2.12. The number of esters is 1. The first kappa shape index (κ1) is 17.1. The molecular weight excluding hydrogens is 315 g/mol. The number of anilines is 2. The quantitative estimate of drug-likeness (QED) is 0.667. The van der Waals surface area contributed by atoms with E-state index in [2.05, 4.69) is 10.6 Å². The highest BCUT2D eigenvalue weighted by molar-refractivity contribution is 5.95. The van der Waals surface area contributed by atoms with Gasteiger partial charge in [-0.15, -0.1) is 0 Å². The van der Waals surface area contributed by atoms with Crippen LogP contribution in [0.4, 0.5) is 15.8 Å². The Morgan fingerprint density at radius 3 is 2.12 bits per heavy atom. The molecular formula is C17H15FN2O4. The van der Waals surface area contributed by atoms with Crippen LogP contribution in [0.5, 0.6) is 5.75 Å². The summed E-state index contributed by atoms with van der Waals surface area (Å²) in [6.45, 7) is 2.62. The van der Waals surface area contributed by atoms with E-state index in [9.17, 15) is 18.8 Å². The zero-order valence-electron chi connectivity index (χ0n) is 13.1. The first-order valence-electron chi connectivity index (χ1n) is 7.02. The maximum absolute atomic E-state index is 13.6. The zero-order chi connectivity index (χ0) is 17.7. The summed E-state index contributed by atoms with van der Waals surface area (Å²) in [4.78, 5) is 34.1. The van der Waals surface area contributed by atoms with Crippen molar-refractivity contribution in [1.29, 1.82) is 0 Å². The van der Waals surface area contributed by atoms with Gasteiger partial charge in [0.2, 0.25) is 11.8 Å². The summed E-state index contributed by atoms with van der Waals surface area (Å²) in [6, 6.07) is 9.72. The molecule has 0 aliphatic heterocycles. The van der Waals surface area contributed by atoms with Gasteiger partial charge in [-0.25, -0.2) is 9.18 Å². The largest absolute Gasteiger partial charge is 0.423 e. The minimum Gasteiger partial charge on any atom is -0.423 e. The van der Waals surface area contributed by atoms with Gasteiger partial charge in [0.25, 0.3) is 0 Å². The number of carbonyl (C=O) groups is 3. The fourth-order valence-corrected chi connectivity index (χ4v) is 1.91. The lowest BCUT2D eigenvalue weighted by Gasteiger charge is -2.08. The molecule has 2 aromatic rings. The predicted octanol–water partition coefficient (Wildman–Crippen LogP) is 2.96. The molecule has 0 bridgehead atoms. The van der Waals surface area contributed by atoms with Gasteiger partial charge in [0, 0.05) is 19.5 Å². The summed E-state index contributed by atoms with van der Waals surface area (Å²) in [5.41, 5.74) is 0.557. The van der Waals surface area contributed by atoms with Gasteiger partial charge in [0.15, 0.2) is 0 Å². The van der Waals surface area contributed by atoms with Gasteiger partial charge in [-0.3, -0.25) is 9.59 Å². The molecule has 0 atom stereocenters. The lowest BCUT2D eigenvalue weighted by atomic mass is 10.2. The second-order valence-corrected chi connectivity index (χ2v) is 4.97. The molecule has 2 aromatic carbocycles. The Hall–Kier alpha value is -3.22. The van der Waals surface area contributed by atoms with E-state index >= 15 is 0 Å². The molecule has 0 aromatic heterocycles. The number of halogens is 1. The average molecular weight is 330 g/mol. The summed E-state index contributed by atoms with van der Waals surface area (Å²) < 4.78 is 18.7. The van der Waals surface area contributed by atoms with E-state index in [0.717, 1.165) is 6.07 Å².